The fraction of sp³-hybridized carbons (Fsp3) is 0.500. The van der Waals surface area contributed by atoms with Gasteiger partial charge < -0.3 is 24.8 Å². The molecule has 1 aromatic carbocycles. The summed E-state index contributed by atoms with van der Waals surface area (Å²) in [4.78, 5) is 44.0. The van der Waals surface area contributed by atoms with E-state index in [0.29, 0.717) is 5.75 Å². The molecule has 1 saturated carbocycles. The quantitative estimate of drug-likeness (QED) is 0.572. The zero-order chi connectivity index (χ0) is 26.6. The van der Waals surface area contributed by atoms with Crippen LogP contribution in [-0.2, 0) is 14.3 Å². The van der Waals surface area contributed by atoms with Crippen LogP contribution in [0.4, 0.5) is 4.79 Å². The fourth-order valence-electron chi connectivity index (χ4n) is 4.93. The lowest BCUT2D eigenvalue weighted by atomic mass is 9.85. The third-order valence-electron chi connectivity index (χ3n) is 6.89. The molecule has 9 nitrogen and oxygen atoms in total. The number of likely N-dealkylation sites (tertiary alicyclic amines) is 1. The van der Waals surface area contributed by atoms with Crippen molar-refractivity contribution in [1.29, 1.82) is 0 Å². The number of pyridine rings is 1. The third kappa shape index (κ3) is 6.58. The van der Waals surface area contributed by atoms with E-state index < -0.39 is 41.6 Å². The topological polar surface area (TPSA) is 118 Å². The number of rotatable bonds is 7. The Bertz CT molecular complexity index is 1110. The highest BCUT2D eigenvalue weighted by Crippen LogP contribution is 2.30. The smallest absolute Gasteiger partial charge is 0.408 e. The summed E-state index contributed by atoms with van der Waals surface area (Å²) < 4.78 is 11.6. The minimum Gasteiger partial charge on any atom is -0.488 e. The Morgan fingerprint density at radius 1 is 1.08 bits per heavy atom. The molecule has 1 aliphatic carbocycles. The Balaban J connectivity index is 1.47. The molecule has 0 unspecified atom stereocenters. The van der Waals surface area contributed by atoms with Crippen molar-refractivity contribution >= 4 is 18.0 Å². The molecule has 2 heterocycles. The van der Waals surface area contributed by atoms with Crippen molar-refractivity contribution in [3.05, 3.63) is 48.7 Å². The van der Waals surface area contributed by atoms with Gasteiger partial charge in [-0.25, -0.2) is 9.59 Å². The number of ether oxygens (including phenoxy) is 2. The number of hydrogen-bond donors (Lipinski definition) is 2. The van der Waals surface area contributed by atoms with Gasteiger partial charge in [0.25, 0.3) is 0 Å². The molecule has 2 fully saturated rings. The number of carboxylic acids is 1. The first-order valence-electron chi connectivity index (χ1n) is 12.8. The lowest BCUT2D eigenvalue weighted by Gasteiger charge is -2.34. The average molecular weight is 510 g/mol. The summed E-state index contributed by atoms with van der Waals surface area (Å²) in [5.74, 6) is -1.03. The molecule has 0 spiro atoms. The van der Waals surface area contributed by atoms with Crippen LogP contribution in [0.3, 0.4) is 0 Å². The first-order chi connectivity index (χ1) is 17.6. The molecule has 4 rings (SSSR count). The molecule has 2 aromatic rings. The number of amides is 2. The highest BCUT2D eigenvalue weighted by atomic mass is 16.6. The molecule has 198 valence electrons. The van der Waals surface area contributed by atoms with Gasteiger partial charge in [-0.05, 0) is 37.2 Å². The Kier molecular flexibility index (Phi) is 8.00. The SMILES string of the molecule is CC(C)(C)[C@H](NC(=O)OC1CCCC1)C(=O)N1C[C@H](Oc2ccnc(-c3ccccc3)c2)C[C@H]1C(=O)O. The van der Waals surface area contributed by atoms with Crippen LogP contribution >= 0.6 is 0 Å². The summed E-state index contributed by atoms with van der Waals surface area (Å²) in [7, 11) is 0. The number of carboxylic acid groups (broad SMARTS) is 1. The number of carbonyl (C=O) groups excluding carboxylic acids is 2. The molecule has 2 amide bonds. The zero-order valence-electron chi connectivity index (χ0n) is 21.6. The van der Waals surface area contributed by atoms with Crippen molar-refractivity contribution in [3.63, 3.8) is 0 Å². The maximum Gasteiger partial charge on any atom is 0.408 e. The molecule has 3 atom stereocenters. The number of nitrogens with one attached hydrogen (secondary N) is 1. The molecule has 0 bridgehead atoms. The molecular formula is C28H35N3O6. The van der Waals surface area contributed by atoms with E-state index in [1.807, 2.05) is 51.1 Å². The van der Waals surface area contributed by atoms with Gasteiger partial charge in [0, 0.05) is 24.2 Å². The Morgan fingerprint density at radius 2 is 1.78 bits per heavy atom. The van der Waals surface area contributed by atoms with Crippen LogP contribution in [0.5, 0.6) is 5.75 Å². The second-order valence-electron chi connectivity index (χ2n) is 10.8. The Labute approximate surface area is 217 Å². The number of aliphatic carboxylic acids is 1. The zero-order valence-corrected chi connectivity index (χ0v) is 21.6. The first kappa shape index (κ1) is 26.4. The second kappa shape index (κ2) is 11.2. The van der Waals surface area contributed by atoms with Crippen molar-refractivity contribution in [3.8, 4) is 17.0 Å². The lowest BCUT2D eigenvalue weighted by Crippen LogP contribution is -2.57. The van der Waals surface area contributed by atoms with Crippen LogP contribution in [0.1, 0.15) is 52.9 Å². The van der Waals surface area contributed by atoms with E-state index in [0.717, 1.165) is 36.9 Å². The predicted molar refractivity (Wildman–Crippen MR) is 137 cm³/mol. The van der Waals surface area contributed by atoms with E-state index in [2.05, 4.69) is 10.3 Å². The summed E-state index contributed by atoms with van der Waals surface area (Å²) in [5.41, 5.74) is 1.00. The van der Waals surface area contributed by atoms with Gasteiger partial charge in [0.1, 0.15) is 30.0 Å². The summed E-state index contributed by atoms with van der Waals surface area (Å²) in [6.45, 7) is 5.57. The highest BCUT2D eigenvalue weighted by molar-refractivity contribution is 5.90. The monoisotopic (exact) mass is 509 g/mol. The molecule has 9 heteroatoms. The average Bonchev–Trinajstić information content (AvgIpc) is 3.52. The second-order valence-corrected chi connectivity index (χ2v) is 10.8. The molecule has 0 radical (unpaired) electrons. The van der Waals surface area contributed by atoms with E-state index in [9.17, 15) is 19.5 Å². The van der Waals surface area contributed by atoms with E-state index in [-0.39, 0.29) is 19.1 Å². The van der Waals surface area contributed by atoms with Crippen LogP contribution in [0, 0.1) is 5.41 Å². The van der Waals surface area contributed by atoms with Crippen LogP contribution in [0.2, 0.25) is 0 Å². The Hall–Kier alpha value is -3.62. The maximum absolute atomic E-state index is 13.6. The first-order valence-corrected chi connectivity index (χ1v) is 12.8. The summed E-state index contributed by atoms with van der Waals surface area (Å²) in [6.07, 6.45) is 4.11. The lowest BCUT2D eigenvalue weighted by molar-refractivity contribution is -0.150. The number of aromatic nitrogens is 1. The van der Waals surface area contributed by atoms with Gasteiger partial charge in [0.05, 0.1) is 12.2 Å². The number of hydrogen-bond acceptors (Lipinski definition) is 6. The standard InChI is InChI=1S/C28H35N3O6/c1-28(2,3)24(30-27(35)37-19-11-7-8-12-19)25(32)31-17-21(16-23(31)26(33)34)36-20-13-14-29-22(15-20)18-9-5-4-6-10-18/h4-6,9-10,13-15,19,21,23-24H,7-8,11-12,16-17H2,1-3H3,(H,30,35)(H,33,34)/t21-,23+,24-/m1/s1. The maximum atomic E-state index is 13.6. The van der Waals surface area contributed by atoms with Crippen molar-refractivity contribution < 1.29 is 29.0 Å². The molecule has 2 aliphatic rings. The summed E-state index contributed by atoms with van der Waals surface area (Å²) in [5, 5.41) is 12.6. The van der Waals surface area contributed by atoms with Crippen LogP contribution < -0.4 is 10.1 Å². The fourth-order valence-corrected chi connectivity index (χ4v) is 4.93. The minimum absolute atomic E-state index is 0.0880. The highest BCUT2D eigenvalue weighted by Gasteiger charge is 2.46. The summed E-state index contributed by atoms with van der Waals surface area (Å²) in [6, 6.07) is 11.2. The van der Waals surface area contributed by atoms with Crippen molar-refractivity contribution in [2.24, 2.45) is 5.41 Å². The molecule has 1 aliphatic heterocycles. The molecule has 1 aromatic heterocycles. The van der Waals surface area contributed by atoms with Gasteiger partial charge in [-0.3, -0.25) is 9.78 Å². The van der Waals surface area contributed by atoms with E-state index in [1.165, 1.54) is 4.90 Å². The van der Waals surface area contributed by atoms with Crippen LogP contribution in [0.15, 0.2) is 48.7 Å². The van der Waals surface area contributed by atoms with E-state index in [4.69, 9.17) is 9.47 Å². The van der Waals surface area contributed by atoms with Gasteiger partial charge in [-0.2, -0.15) is 0 Å². The molecule has 2 N–H and O–H groups in total. The van der Waals surface area contributed by atoms with Crippen molar-refractivity contribution in [2.45, 2.75) is 77.2 Å². The van der Waals surface area contributed by atoms with Crippen molar-refractivity contribution in [2.75, 3.05) is 6.54 Å². The van der Waals surface area contributed by atoms with E-state index >= 15 is 0 Å². The van der Waals surface area contributed by atoms with Gasteiger partial charge in [0.15, 0.2) is 0 Å². The van der Waals surface area contributed by atoms with Crippen LogP contribution in [0.25, 0.3) is 11.3 Å². The van der Waals surface area contributed by atoms with Crippen LogP contribution in [-0.4, -0.2) is 63.8 Å². The Morgan fingerprint density at radius 3 is 2.43 bits per heavy atom. The number of alkyl carbamates (subject to hydrolysis) is 1. The number of carbonyl (C=O) groups is 3. The summed E-state index contributed by atoms with van der Waals surface area (Å²) >= 11 is 0. The van der Waals surface area contributed by atoms with Crippen molar-refractivity contribution in [1.82, 2.24) is 15.2 Å². The predicted octanol–water partition coefficient (Wildman–Crippen LogP) is 4.27. The largest absolute Gasteiger partial charge is 0.488 e. The van der Waals surface area contributed by atoms with Gasteiger partial charge in [-0.1, -0.05) is 51.1 Å². The molecular weight excluding hydrogens is 474 g/mol. The molecule has 1 saturated heterocycles. The molecule has 37 heavy (non-hydrogen) atoms. The minimum atomic E-state index is -1.11. The van der Waals surface area contributed by atoms with Gasteiger partial charge in [0.2, 0.25) is 5.91 Å². The normalized spacial score (nSPS) is 20.9. The third-order valence-corrected chi connectivity index (χ3v) is 6.89. The number of benzene rings is 1. The van der Waals surface area contributed by atoms with Gasteiger partial charge >= 0.3 is 12.1 Å². The number of nitrogens with zero attached hydrogens (tertiary/aromatic N) is 2. The van der Waals surface area contributed by atoms with E-state index in [1.54, 1.807) is 18.3 Å². The van der Waals surface area contributed by atoms with Gasteiger partial charge in [-0.15, -0.1) is 0 Å².